The summed E-state index contributed by atoms with van der Waals surface area (Å²) in [6, 6.07) is 16.3. The monoisotopic (exact) mass is 579 g/mol. The predicted octanol–water partition coefficient (Wildman–Crippen LogP) is 7.77. The van der Waals surface area contributed by atoms with Crippen LogP contribution in [0.4, 0.5) is 10.1 Å². The molecule has 0 N–H and O–H groups in total. The number of carbonyl (C=O) groups is 1. The van der Waals surface area contributed by atoms with E-state index in [4.69, 9.17) is 28.2 Å². The summed E-state index contributed by atoms with van der Waals surface area (Å²) in [5.41, 5.74) is 7.09. The van der Waals surface area contributed by atoms with Crippen molar-refractivity contribution in [1.29, 1.82) is 0 Å². The van der Waals surface area contributed by atoms with Crippen LogP contribution < -0.4 is 4.90 Å². The summed E-state index contributed by atoms with van der Waals surface area (Å²) >= 11 is 13.8. The van der Waals surface area contributed by atoms with E-state index < -0.39 is 0 Å². The molecule has 0 unspecified atom stereocenters. The summed E-state index contributed by atoms with van der Waals surface area (Å²) in [6.07, 6.45) is 7.18. The molecule has 0 bridgehead atoms. The van der Waals surface area contributed by atoms with Gasteiger partial charge >= 0.3 is 0 Å². The van der Waals surface area contributed by atoms with Crippen molar-refractivity contribution in [2.45, 2.75) is 31.1 Å². The number of piperidine rings is 1. The molecule has 1 aromatic heterocycles. The molecule has 1 spiro atoms. The quantitative estimate of drug-likeness (QED) is 0.234. The molecule has 4 nitrogen and oxygen atoms in total. The Balaban J connectivity index is 1.17. The van der Waals surface area contributed by atoms with Crippen LogP contribution in [0.25, 0.3) is 16.3 Å². The Morgan fingerprint density at radius 3 is 2.62 bits per heavy atom. The zero-order valence-electron chi connectivity index (χ0n) is 21.4. The number of rotatable bonds is 6. The fourth-order valence-electron chi connectivity index (χ4n) is 5.92. The van der Waals surface area contributed by atoms with E-state index in [9.17, 15) is 9.18 Å². The maximum atomic E-state index is 13.5. The highest BCUT2D eigenvalue weighted by Crippen LogP contribution is 2.50. The molecule has 1 amide bonds. The summed E-state index contributed by atoms with van der Waals surface area (Å²) in [4.78, 5) is 22.7. The van der Waals surface area contributed by atoms with E-state index in [0.717, 1.165) is 54.8 Å². The number of aromatic nitrogens is 1. The number of likely N-dealkylation sites (tertiary alicyclic amines) is 1. The Kier molecular flexibility index (Phi) is 7.47. The summed E-state index contributed by atoms with van der Waals surface area (Å²) in [6.45, 7) is 3.44. The molecule has 8 heteroatoms. The fourth-order valence-corrected chi connectivity index (χ4v) is 6.91. The Morgan fingerprint density at radius 2 is 1.85 bits per heavy atom. The zero-order valence-corrected chi connectivity index (χ0v) is 23.7. The number of thiazole rings is 1. The molecule has 3 aromatic carbocycles. The van der Waals surface area contributed by atoms with E-state index >= 15 is 0 Å². The van der Waals surface area contributed by atoms with Gasteiger partial charge in [-0.3, -0.25) is 9.69 Å². The lowest BCUT2D eigenvalue weighted by molar-refractivity contribution is -0.118. The molecule has 39 heavy (non-hydrogen) atoms. The van der Waals surface area contributed by atoms with Gasteiger partial charge in [-0.2, -0.15) is 0 Å². The largest absolute Gasteiger partial charge is 0.311 e. The first-order chi connectivity index (χ1) is 18.9. The van der Waals surface area contributed by atoms with Crippen LogP contribution in [0.3, 0.4) is 0 Å². The van der Waals surface area contributed by atoms with Crippen molar-refractivity contribution in [3.05, 3.63) is 98.7 Å². The van der Waals surface area contributed by atoms with Crippen LogP contribution in [0.15, 0.2) is 66.2 Å². The van der Waals surface area contributed by atoms with Gasteiger partial charge in [0.15, 0.2) is 0 Å². The van der Waals surface area contributed by atoms with Gasteiger partial charge in [0.2, 0.25) is 5.91 Å². The van der Waals surface area contributed by atoms with Crippen LogP contribution >= 0.6 is 34.5 Å². The highest BCUT2D eigenvalue weighted by Gasteiger charge is 2.47. The zero-order chi connectivity index (χ0) is 27.0. The van der Waals surface area contributed by atoms with Gasteiger partial charge in [-0.1, -0.05) is 53.6 Å². The first kappa shape index (κ1) is 26.5. The highest BCUT2D eigenvalue weighted by atomic mass is 35.5. The lowest BCUT2D eigenvalue weighted by Gasteiger charge is -2.39. The number of fused-ring (bicyclic) bond motifs is 4. The van der Waals surface area contributed by atoms with E-state index in [1.54, 1.807) is 23.5 Å². The molecule has 3 heterocycles. The standard InChI is InChI=1S/C31H28Cl2FN3OS/c32-24-9-5-22(18-25(24)33)2-1-15-36-16-13-31(14-17-36)19-37(26-10-11-27-30(29(26)31)35-20-39-27)28(38)12-6-21-3-7-23(34)8-4-21/h1-5,7-11,18,20H,6,12-17,19H2/b2-1+. The molecule has 200 valence electrons. The number of hydrogen-bond acceptors (Lipinski definition) is 4. The second-order valence-corrected chi connectivity index (χ2v) is 12.1. The van der Waals surface area contributed by atoms with Gasteiger partial charge in [0.1, 0.15) is 5.82 Å². The fraction of sp³-hybridized carbons (Fsp3) is 0.290. The number of halogens is 3. The van der Waals surface area contributed by atoms with E-state index in [2.05, 4.69) is 29.2 Å². The van der Waals surface area contributed by atoms with Gasteiger partial charge in [-0.15, -0.1) is 11.3 Å². The molecule has 4 aromatic rings. The number of nitrogens with zero attached hydrogens (tertiary/aromatic N) is 3. The maximum Gasteiger partial charge on any atom is 0.227 e. The van der Waals surface area contributed by atoms with Gasteiger partial charge in [-0.05, 0) is 79.9 Å². The van der Waals surface area contributed by atoms with Crippen molar-refractivity contribution in [3.63, 3.8) is 0 Å². The van der Waals surface area contributed by atoms with Crippen molar-refractivity contribution in [2.75, 3.05) is 31.1 Å². The van der Waals surface area contributed by atoms with E-state index in [0.29, 0.717) is 29.4 Å². The van der Waals surface area contributed by atoms with Crippen LogP contribution in [-0.2, 0) is 16.6 Å². The van der Waals surface area contributed by atoms with Gasteiger partial charge in [0.25, 0.3) is 0 Å². The molecule has 1 saturated heterocycles. The molecule has 2 aliphatic heterocycles. The minimum atomic E-state index is -0.260. The SMILES string of the molecule is O=C(CCc1ccc(F)cc1)N1CC2(CCN(C/C=C/c3ccc(Cl)c(Cl)c3)CC2)c2c1ccc1scnc21. The number of carbonyl (C=O) groups excluding carboxylic acids is 1. The predicted molar refractivity (Wildman–Crippen MR) is 160 cm³/mol. The Bertz CT molecular complexity index is 1540. The minimum absolute atomic E-state index is 0.0988. The molecule has 0 atom stereocenters. The van der Waals surface area contributed by atoms with E-state index in [1.165, 1.54) is 22.4 Å². The average molecular weight is 581 g/mol. The third-order valence-corrected chi connectivity index (χ3v) is 9.57. The summed E-state index contributed by atoms with van der Waals surface area (Å²) in [7, 11) is 0. The van der Waals surface area contributed by atoms with Gasteiger partial charge in [0, 0.05) is 36.2 Å². The van der Waals surface area contributed by atoms with Gasteiger partial charge < -0.3 is 4.90 Å². The molecule has 1 fully saturated rings. The minimum Gasteiger partial charge on any atom is -0.311 e. The lowest BCUT2D eigenvalue weighted by atomic mass is 9.74. The highest BCUT2D eigenvalue weighted by molar-refractivity contribution is 7.16. The topological polar surface area (TPSA) is 36.4 Å². The van der Waals surface area contributed by atoms with Crippen molar-refractivity contribution >= 4 is 62.4 Å². The smallest absolute Gasteiger partial charge is 0.227 e. The van der Waals surface area contributed by atoms with E-state index in [-0.39, 0.29) is 17.1 Å². The average Bonchev–Trinajstić information content (AvgIpc) is 3.54. The van der Waals surface area contributed by atoms with Crippen molar-refractivity contribution in [2.24, 2.45) is 0 Å². The molecule has 0 saturated carbocycles. The molecule has 0 radical (unpaired) electrons. The van der Waals surface area contributed by atoms with Crippen LogP contribution in [0, 0.1) is 5.82 Å². The third kappa shape index (κ3) is 5.36. The van der Waals surface area contributed by atoms with Gasteiger partial charge in [0.05, 0.1) is 25.8 Å². The first-order valence-electron chi connectivity index (χ1n) is 13.2. The van der Waals surface area contributed by atoms with Crippen LogP contribution in [0.2, 0.25) is 10.0 Å². The molecule has 2 aliphatic rings. The number of anilines is 1. The Hall–Kier alpha value is -2.77. The van der Waals surface area contributed by atoms with Gasteiger partial charge in [-0.25, -0.2) is 9.37 Å². The van der Waals surface area contributed by atoms with Crippen LogP contribution in [0.1, 0.15) is 36.0 Å². The number of benzene rings is 3. The molecular weight excluding hydrogens is 552 g/mol. The summed E-state index contributed by atoms with van der Waals surface area (Å²) < 4.78 is 14.5. The summed E-state index contributed by atoms with van der Waals surface area (Å²) in [5.74, 6) is -0.150. The van der Waals surface area contributed by atoms with Crippen molar-refractivity contribution in [3.8, 4) is 0 Å². The third-order valence-electron chi connectivity index (χ3n) is 8.03. The van der Waals surface area contributed by atoms with Crippen molar-refractivity contribution in [1.82, 2.24) is 9.88 Å². The van der Waals surface area contributed by atoms with Crippen LogP contribution in [0.5, 0.6) is 0 Å². The normalized spacial score (nSPS) is 16.9. The Labute approximate surface area is 241 Å². The van der Waals surface area contributed by atoms with Crippen molar-refractivity contribution < 1.29 is 9.18 Å². The number of amides is 1. The van der Waals surface area contributed by atoms with Crippen LogP contribution in [-0.4, -0.2) is 42.0 Å². The summed E-state index contributed by atoms with van der Waals surface area (Å²) in [5, 5.41) is 1.12. The second-order valence-electron chi connectivity index (χ2n) is 10.4. The second kappa shape index (κ2) is 11.0. The van der Waals surface area contributed by atoms with E-state index in [1.807, 2.05) is 28.6 Å². The Morgan fingerprint density at radius 1 is 1.05 bits per heavy atom. The molecule has 6 rings (SSSR count). The lowest BCUT2D eigenvalue weighted by Crippen LogP contribution is -2.46. The number of aryl methyl sites for hydroxylation is 1. The maximum absolute atomic E-state index is 13.5. The molecule has 0 aliphatic carbocycles. The number of hydrogen-bond donors (Lipinski definition) is 0. The first-order valence-corrected chi connectivity index (χ1v) is 14.8. The molecular formula is C31H28Cl2FN3OS.